The molecule has 0 unspecified atom stereocenters. The molecule has 0 spiro atoms. The second-order valence-corrected chi connectivity index (χ2v) is 3.51. The van der Waals surface area contributed by atoms with Crippen molar-refractivity contribution in [3.8, 4) is 0 Å². The smallest absolute Gasteiger partial charge is 0.0721 e. The molecule has 1 heterocycles. The van der Waals surface area contributed by atoms with E-state index in [1.807, 2.05) is 0 Å². The summed E-state index contributed by atoms with van der Waals surface area (Å²) >= 11 is 0. The highest BCUT2D eigenvalue weighted by Gasteiger charge is 2.16. The summed E-state index contributed by atoms with van der Waals surface area (Å²) < 4.78 is 5.38. The number of hydrogen-bond donors (Lipinski definition) is 1. The largest absolute Gasteiger partial charge is 0.375 e. The molecule has 0 bridgehead atoms. The number of rotatable bonds is 1. The van der Waals surface area contributed by atoms with Crippen LogP contribution in [0.4, 0.5) is 0 Å². The quantitative estimate of drug-likeness (QED) is 0.709. The molecule has 0 fully saturated rings. The predicted molar refractivity (Wildman–Crippen MR) is 52.4 cm³/mol. The fourth-order valence-corrected chi connectivity index (χ4v) is 1.75. The van der Waals surface area contributed by atoms with Crippen molar-refractivity contribution < 1.29 is 4.74 Å². The van der Waals surface area contributed by atoms with E-state index in [1.54, 1.807) is 0 Å². The van der Waals surface area contributed by atoms with Gasteiger partial charge in [0.1, 0.15) is 0 Å². The molecule has 0 aliphatic carbocycles. The average molecular weight is 177 g/mol. The molecular weight excluding hydrogens is 162 g/mol. The van der Waals surface area contributed by atoms with Gasteiger partial charge in [0.25, 0.3) is 0 Å². The van der Waals surface area contributed by atoms with Crippen molar-refractivity contribution in [1.29, 1.82) is 0 Å². The highest BCUT2D eigenvalue weighted by molar-refractivity contribution is 5.35. The first-order valence-electron chi connectivity index (χ1n) is 4.76. The summed E-state index contributed by atoms with van der Waals surface area (Å²) in [5.41, 5.74) is 9.79. The summed E-state index contributed by atoms with van der Waals surface area (Å²) in [5, 5.41) is 0. The molecule has 1 atom stereocenters. The Morgan fingerprint density at radius 1 is 1.54 bits per heavy atom. The van der Waals surface area contributed by atoms with E-state index in [4.69, 9.17) is 10.5 Å². The van der Waals surface area contributed by atoms with Crippen LogP contribution >= 0.6 is 0 Å². The van der Waals surface area contributed by atoms with Crippen molar-refractivity contribution in [2.75, 3.05) is 6.61 Å². The maximum Gasteiger partial charge on any atom is 0.0721 e. The Kier molecular flexibility index (Phi) is 2.34. The summed E-state index contributed by atoms with van der Waals surface area (Å²) in [5.74, 6) is 0. The third kappa shape index (κ3) is 1.60. The Morgan fingerprint density at radius 2 is 2.38 bits per heavy atom. The van der Waals surface area contributed by atoms with Crippen molar-refractivity contribution in [2.24, 2.45) is 5.73 Å². The number of benzene rings is 1. The van der Waals surface area contributed by atoms with Crippen LogP contribution in [0.15, 0.2) is 18.2 Å². The lowest BCUT2D eigenvalue weighted by Crippen LogP contribution is -2.23. The van der Waals surface area contributed by atoms with Crippen LogP contribution in [0.25, 0.3) is 0 Å². The van der Waals surface area contributed by atoms with Crippen LogP contribution in [0.2, 0.25) is 0 Å². The molecule has 0 amide bonds. The first-order valence-corrected chi connectivity index (χ1v) is 4.76. The third-order valence-corrected chi connectivity index (χ3v) is 2.57. The molecule has 0 saturated heterocycles. The van der Waals surface area contributed by atoms with E-state index in [0.29, 0.717) is 6.61 Å². The molecule has 2 heteroatoms. The maximum absolute atomic E-state index is 5.91. The minimum Gasteiger partial charge on any atom is -0.375 e. The number of ether oxygens (including phenoxy) is 1. The van der Waals surface area contributed by atoms with Crippen LogP contribution in [0.1, 0.15) is 29.7 Å². The summed E-state index contributed by atoms with van der Waals surface area (Å²) in [4.78, 5) is 0. The Hall–Kier alpha value is -0.860. The average Bonchev–Trinajstić information content (AvgIpc) is 2.18. The summed E-state index contributed by atoms with van der Waals surface area (Å²) in [7, 11) is 0. The highest BCUT2D eigenvalue weighted by Crippen LogP contribution is 2.23. The third-order valence-electron chi connectivity index (χ3n) is 2.57. The Balaban J connectivity index is 2.39. The summed E-state index contributed by atoms with van der Waals surface area (Å²) in [6, 6.07) is 6.56. The van der Waals surface area contributed by atoms with Crippen molar-refractivity contribution in [3.63, 3.8) is 0 Å². The lowest BCUT2D eigenvalue weighted by atomic mass is 9.97. The van der Waals surface area contributed by atoms with Crippen molar-refractivity contribution >= 4 is 0 Å². The molecule has 2 nitrogen and oxygen atoms in total. The molecule has 1 aliphatic rings. The SMILES string of the molecule is CCc1ccc2c(c1)COC[C@H]2N. The van der Waals surface area contributed by atoms with Crippen LogP contribution < -0.4 is 5.73 Å². The molecule has 2 rings (SSSR count). The fourth-order valence-electron chi connectivity index (χ4n) is 1.75. The minimum absolute atomic E-state index is 0.0645. The van der Waals surface area contributed by atoms with Crippen LogP contribution in [-0.4, -0.2) is 6.61 Å². The number of nitrogens with two attached hydrogens (primary N) is 1. The highest BCUT2D eigenvalue weighted by atomic mass is 16.5. The molecule has 0 aromatic heterocycles. The van der Waals surface area contributed by atoms with Crippen molar-refractivity contribution in [2.45, 2.75) is 26.0 Å². The molecule has 1 aromatic rings. The van der Waals surface area contributed by atoms with E-state index in [-0.39, 0.29) is 6.04 Å². The van der Waals surface area contributed by atoms with E-state index in [9.17, 15) is 0 Å². The summed E-state index contributed by atoms with van der Waals surface area (Å²) in [6.45, 7) is 3.53. The van der Waals surface area contributed by atoms with Gasteiger partial charge >= 0.3 is 0 Å². The molecular formula is C11H15NO. The van der Waals surface area contributed by atoms with Gasteiger partial charge < -0.3 is 10.5 Å². The van der Waals surface area contributed by atoms with Gasteiger partial charge in [-0.05, 0) is 23.1 Å². The zero-order valence-electron chi connectivity index (χ0n) is 7.92. The van der Waals surface area contributed by atoms with E-state index < -0.39 is 0 Å². The molecule has 70 valence electrons. The van der Waals surface area contributed by atoms with Gasteiger partial charge in [0.2, 0.25) is 0 Å². The van der Waals surface area contributed by atoms with Gasteiger partial charge in [-0.3, -0.25) is 0 Å². The molecule has 13 heavy (non-hydrogen) atoms. The van der Waals surface area contributed by atoms with E-state index in [2.05, 4.69) is 25.1 Å². The fraction of sp³-hybridized carbons (Fsp3) is 0.455. The number of hydrogen-bond acceptors (Lipinski definition) is 2. The van der Waals surface area contributed by atoms with E-state index in [1.165, 1.54) is 16.7 Å². The first-order chi connectivity index (χ1) is 6.31. The van der Waals surface area contributed by atoms with Crippen molar-refractivity contribution in [1.82, 2.24) is 0 Å². The van der Waals surface area contributed by atoms with Gasteiger partial charge in [0.15, 0.2) is 0 Å². The second-order valence-electron chi connectivity index (χ2n) is 3.51. The van der Waals surface area contributed by atoms with Gasteiger partial charge in [0, 0.05) is 0 Å². The zero-order chi connectivity index (χ0) is 9.26. The lowest BCUT2D eigenvalue weighted by molar-refractivity contribution is 0.0923. The van der Waals surface area contributed by atoms with Crippen LogP contribution in [0.5, 0.6) is 0 Å². The molecule has 0 saturated carbocycles. The normalized spacial score (nSPS) is 21.2. The predicted octanol–water partition coefficient (Wildman–Crippen LogP) is 1.78. The first kappa shape index (κ1) is 8.73. The Labute approximate surface area is 78.7 Å². The Bertz CT molecular complexity index is 309. The van der Waals surface area contributed by atoms with E-state index in [0.717, 1.165) is 13.0 Å². The molecule has 1 aliphatic heterocycles. The zero-order valence-corrected chi connectivity index (χ0v) is 7.92. The second kappa shape index (κ2) is 3.48. The number of fused-ring (bicyclic) bond motifs is 1. The van der Waals surface area contributed by atoms with Crippen molar-refractivity contribution in [3.05, 3.63) is 34.9 Å². The molecule has 2 N–H and O–H groups in total. The van der Waals surface area contributed by atoms with Crippen LogP contribution in [0, 0.1) is 0 Å². The Morgan fingerprint density at radius 3 is 3.15 bits per heavy atom. The van der Waals surface area contributed by atoms with Crippen LogP contribution in [-0.2, 0) is 17.8 Å². The monoisotopic (exact) mass is 177 g/mol. The number of aryl methyl sites for hydroxylation is 1. The van der Waals surface area contributed by atoms with Gasteiger partial charge in [0.05, 0.1) is 19.3 Å². The minimum atomic E-state index is 0.0645. The topological polar surface area (TPSA) is 35.2 Å². The van der Waals surface area contributed by atoms with E-state index >= 15 is 0 Å². The van der Waals surface area contributed by atoms with Gasteiger partial charge in [-0.25, -0.2) is 0 Å². The summed E-state index contributed by atoms with van der Waals surface area (Å²) in [6.07, 6.45) is 1.07. The van der Waals surface area contributed by atoms with Gasteiger partial charge in [-0.2, -0.15) is 0 Å². The standard InChI is InChI=1S/C11H15NO/c1-2-8-3-4-10-9(5-8)6-13-7-11(10)12/h3-5,11H,2,6-7,12H2,1H3/t11-/m1/s1. The lowest BCUT2D eigenvalue weighted by Gasteiger charge is -2.22. The molecule has 0 radical (unpaired) electrons. The molecule has 1 aromatic carbocycles. The van der Waals surface area contributed by atoms with Gasteiger partial charge in [-0.15, -0.1) is 0 Å². The van der Waals surface area contributed by atoms with Gasteiger partial charge in [-0.1, -0.05) is 25.1 Å². The van der Waals surface area contributed by atoms with Crippen LogP contribution in [0.3, 0.4) is 0 Å². The maximum atomic E-state index is 5.91.